The van der Waals surface area contributed by atoms with Gasteiger partial charge < -0.3 is 15.4 Å². The predicted molar refractivity (Wildman–Crippen MR) is 89.7 cm³/mol. The second kappa shape index (κ2) is 7.18. The van der Waals surface area contributed by atoms with Crippen LogP contribution in [0, 0.1) is 5.92 Å². The van der Waals surface area contributed by atoms with Gasteiger partial charge in [0.15, 0.2) is 0 Å². The maximum Gasteiger partial charge on any atom is 0.319 e. The number of nitrogens with one attached hydrogen (secondary N) is 2. The summed E-state index contributed by atoms with van der Waals surface area (Å²) in [5, 5.41) is 5.47. The van der Waals surface area contributed by atoms with Crippen LogP contribution in [-0.4, -0.2) is 22.4 Å². The van der Waals surface area contributed by atoms with E-state index >= 15 is 0 Å². The number of hydrogen-bond donors (Lipinski definition) is 2. The van der Waals surface area contributed by atoms with Crippen molar-refractivity contribution in [3.05, 3.63) is 47.1 Å². The van der Waals surface area contributed by atoms with Crippen molar-refractivity contribution in [3.8, 4) is 0 Å². The van der Waals surface area contributed by atoms with Gasteiger partial charge in [-0.1, -0.05) is 71.2 Å². The summed E-state index contributed by atoms with van der Waals surface area (Å²) in [6, 6.07) is 5.58. The summed E-state index contributed by atoms with van der Waals surface area (Å²) in [7, 11) is 0. The number of benzene rings is 1. The van der Waals surface area contributed by atoms with Gasteiger partial charge in [-0.15, -0.1) is 0 Å². The number of hydrogen-bond acceptors (Lipinski definition) is 3. The molecular weight excluding hydrogens is 386 g/mol. The van der Waals surface area contributed by atoms with Gasteiger partial charge in [0.2, 0.25) is 3.79 Å². The van der Waals surface area contributed by atoms with Gasteiger partial charge in [0.25, 0.3) is 0 Å². The van der Waals surface area contributed by atoms with Crippen LogP contribution in [0.2, 0.25) is 5.02 Å². The number of halogens is 4. The van der Waals surface area contributed by atoms with E-state index in [9.17, 15) is 9.59 Å². The molecule has 2 rings (SSSR count). The molecule has 0 aromatic heterocycles. The Morgan fingerprint density at radius 2 is 1.96 bits per heavy atom. The minimum atomic E-state index is -1.73. The Hall–Kier alpha value is -1.14. The highest BCUT2D eigenvalue weighted by atomic mass is 35.6. The van der Waals surface area contributed by atoms with Gasteiger partial charge >= 0.3 is 12.0 Å². The van der Waals surface area contributed by atoms with Crippen LogP contribution in [0.4, 0.5) is 4.79 Å². The van der Waals surface area contributed by atoms with Crippen molar-refractivity contribution in [1.82, 2.24) is 10.6 Å². The SMILES string of the molecule is C=C1NC(=O)NC(c2ccccc2Cl)C1C(=O)OCC(Cl)(Cl)Cl. The predicted octanol–water partition coefficient (Wildman–Crippen LogP) is 3.74. The monoisotopic (exact) mass is 396 g/mol. The van der Waals surface area contributed by atoms with Gasteiger partial charge in [-0.3, -0.25) is 4.79 Å². The van der Waals surface area contributed by atoms with Crippen molar-refractivity contribution in [3.63, 3.8) is 0 Å². The van der Waals surface area contributed by atoms with Crippen LogP contribution in [0.15, 0.2) is 36.5 Å². The van der Waals surface area contributed by atoms with E-state index < -0.39 is 34.4 Å². The van der Waals surface area contributed by atoms with Crippen LogP contribution in [0.5, 0.6) is 0 Å². The average molecular weight is 398 g/mol. The van der Waals surface area contributed by atoms with Crippen LogP contribution < -0.4 is 10.6 Å². The number of alkyl halides is 3. The van der Waals surface area contributed by atoms with Crippen molar-refractivity contribution >= 4 is 58.4 Å². The molecule has 1 aromatic carbocycles. The first-order valence-electron chi connectivity index (χ1n) is 6.43. The third kappa shape index (κ3) is 4.67. The second-order valence-corrected chi connectivity index (χ2v) is 7.75. The molecule has 2 amide bonds. The molecule has 5 nitrogen and oxygen atoms in total. The van der Waals surface area contributed by atoms with Gasteiger partial charge in [0, 0.05) is 10.7 Å². The van der Waals surface area contributed by atoms with E-state index in [1.165, 1.54) is 0 Å². The van der Waals surface area contributed by atoms with E-state index in [4.69, 9.17) is 51.1 Å². The molecule has 1 saturated heterocycles. The van der Waals surface area contributed by atoms with Crippen LogP contribution in [0.1, 0.15) is 11.6 Å². The molecule has 2 N–H and O–H groups in total. The normalized spacial score (nSPS) is 21.4. The summed E-state index contributed by atoms with van der Waals surface area (Å²) in [5.74, 6) is -1.61. The third-order valence-electron chi connectivity index (χ3n) is 3.14. The lowest BCUT2D eigenvalue weighted by Gasteiger charge is -2.33. The van der Waals surface area contributed by atoms with E-state index in [0.29, 0.717) is 10.6 Å². The molecular formula is C14H12Cl4N2O3. The zero-order valence-corrected chi connectivity index (χ0v) is 14.6. The van der Waals surface area contributed by atoms with Crippen LogP contribution in [0.3, 0.4) is 0 Å². The number of urea groups is 1. The van der Waals surface area contributed by atoms with Crippen molar-refractivity contribution in [2.24, 2.45) is 5.92 Å². The summed E-state index contributed by atoms with van der Waals surface area (Å²) in [5.41, 5.74) is 0.731. The van der Waals surface area contributed by atoms with Crippen molar-refractivity contribution in [1.29, 1.82) is 0 Å². The van der Waals surface area contributed by atoms with E-state index in [0.717, 1.165) is 0 Å². The molecule has 1 heterocycles. The Bertz CT molecular complexity index is 645. The Labute approximate surface area is 152 Å². The highest BCUT2D eigenvalue weighted by molar-refractivity contribution is 6.67. The van der Waals surface area contributed by atoms with E-state index in [1.54, 1.807) is 24.3 Å². The Morgan fingerprint density at radius 1 is 1.30 bits per heavy atom. The molecule has 0 radical (unpaired) electrons. The highest BCUT2D eigenvalue weighted by Crippen LogP contribution is 2.35. The lowest BCUT2D eigenvalue weighted by Crippen LogP contribution is -2.51. The second-order valence-electron chi connectivity index (χ2n) is 4.82. The standard InChI is InChI=1S/C14H12Cl4N2O3/c1-7-10(12(21)23-6-14(16,17)18)11(20-13(22)19-7)8-4-2-3-5-9(8)15/h2-5,10-11H,1,6H2,(H2,19,20,22). The highest BCUT2D eigenvalue weighted by Gasteiger charge is 2.40. The minimum Gasteiger partial charge on any atom is -0.461 e. The largest absolute Gasteiger partial charge is 0.461 e. The molecule has 23 heavy (non-hydrogen) atoms. The molecule has 0 bridgehead atoms. The smallest absolute Gasteiger partial charge is 0.319 e. The van der Waals surface area contributed by atoms with E-state index in [-0.39, 0.29) is 5.70 Å². The van der Waals surface area contributed by atoms with E-state index in [1.807, 2.05) is 0 Å². The summed E-state index contributed by atoms with van der Waals surface area (Å²) in [6.07, 6.45) is 0. The van der Waals surface area contributed by atoms with Gasteiger partial charge in [-0.25, -0.2) is 4.79 Å². The summed E-state index contributed by atoms with van der Waals surface area (Å²) >= 11 is 22.9. The quantitative estimate of drug-likeness (QED) is 0.603. The molecule has 0 spiro atoms. The lowest BCUT2D eigenvalue weighted by molar-refractivity contribution is -0.148. The topological polar surface area (TPSA) is 67.4 Å². The number of rotatable bonds is 3. The molecule has 1 aliphatic heterocycles. The number of esters is 1. The number of carbonyl (C=O) groups is 2. The zero-order chi connectivity index (χ0) is 17.2. The van der Waals surface area contributed by atoms with Gasteiger partial charge in [-0.2, -0.15) is 0 Å². The molecule has 0 aliphatic carbocycles. The molecule has 1 aliphatic rings. The van der Waals surface area contributed by atoms with Gasteiger partial charge in [-0.05, 0) is 11.6 Å². The maximum absolute atomic E-state index is 12.4. The Balaban J connectivity index is 2.29. The first-order valence-corrected chi connectivity index (χ1v) is 7.94. The third-order valence-corrected chi connectivity index (χ3v) is 3.81. The molecule has 2 unspecified atom stereocenters. The molecule has 1 aromatic rings. The van der Waals surface area contributed by atoms with Crippen LogP contribution in [-0.2, 0) is 9.53 Å². The van der Waals surface area contributed by atoms with Crippen molar-refractivity contribution < 1.29 is 14.3 Å². The van der Waals surface area contributed by atoms with Crippen molar-refractivity contribution in [2.75, 3.05) is 6.61 Å². The molecule has 1 fully saturated rings. The maximum atomic E-state index is 12.4. The fraction of sp³-hybridized carbons (Fsp3) is 0.286. The molecule has 2 atom stereocenters. The van der Waals surface area contributed by atoms with Crippen LogP contribution in [0.25, 0.3) is 0 Å². The van der Waals surface area contributed by atoms with Crippen LogP contribution >= 0.6 is 46.4 Å². The summed E-state index contributed by atoms with van der Waals surface area (Å²) in [6.45, 7) is 3.28. The van der Waals surface area contributed by atoms with Gasteiger partial charge in [0.05, 0.1) is 6.04 Å². The summed E-state index contributed by atoms with van der Waals surface area (Å²) < 4.78 is 3.28. The minimum absolute atomic E-state index is 0.174. The number of ether oxygens (including phenoxy) is 1. The fourth-order valence-electron chi connectivity index (χ4n) is 2.19. The number of amides is 2. The lowest BCUT2D eigenvalue weighted by atomic mass is 9.89. The van der Waals surface area contributed by atoms with Gasteiger partial charge in [0.1, 0.15) is 12.5 Å². The fourth-order valence-corrected chi connectivity index (χ4v) is 2.61. The molecule has 124 valence electrons. The van der Waals surface area contributed by atoms with E-state index in [2.05, 4.69) is 17.2 Å². The zero-order valence-electron chi connectivity index (χ0n) is 11.6. The molecule has 0 saturated carbocycles. The Kier molecular flexibility index (Phi) is 5.68. The summed E-state index contributed by atoms with van der Waals surface area (Å²) in [4.78, 5) is 24.1. The first kappa shape index (κ1) is 18.2. The molecule has 9 heteroatoms. The van der Waals surface area contributed by atoms with Crippen molar-refractivity contribution in [2.45, 2.75) is 9.83 Å². The first-order chi connectivity index (χ1) is 10.7. The Morgan fingerprint density at radius 3 is 2.57 bits per heavy atom. The number of carbonyl (C=O) groups excluding carboxylic acids is 2. The average Bonchev–Trinajstić information content (AvgIpc) is 2.43.